The van der Waals surface area contributed by atoms with E-state index in [0.29, 0.717) is 0 Å². The minimum absolute atomic E-state index is 0.273. The summed E-state index contributed by atoms with van der Waals surface area (Å²) in [6.45, 7) is 8.64. The van der Waals surface area contributed by atoms with Gasteiger partial charge in [0.2, 0.25) is 0 Å². The molecular formula is C38H42Br2Cl2S2SiZr. The second kappa shape index (κ2) is 19.0. The normalized spacial score (nSPS) is 11.1. The number of hydrogen-bond donors (Lipinski definition) is 0. The molecule has 242 valence electrons. The van der Waals surface area contributed by atoms with E-state index in [-0.39, 0.29) is 21.8 Å². The Hall–Kier alpha value is -0.560. The number of aryl methyl sites for hydroxylation is 2. The molecule has 0 nitrogen and oxygen atoms in total. The van der Waals surface area contributed by atoms with Gasteiger partial charge >= 0.3 is 54.6 Å². The first kappa shape index (κ1) is 39.9. The summed E-state index contributed by atoms with van der Waals surface area (Å²) < 4.78 is 0. The van der Waals surface area contributed by atoms with Crippen LogP contribution in [-0.4, -0.2) is 34.5 Å². The molecule has 0 amide bonds. The molecule has 0 fully saturated rings. The third-order valence-corrected chi connectivity index (χ3v) is 9.50. The third kappa shape index (κ3) is 11.8. The van der Waals surface area contributed by atoms with Crippen molar-refractivity contribution in [2.45, 2.75) is 36.7 Å². The van der Waals surface area contributed by atoms with Crippen LogP contribution in [0.3, 0.4) is 0 Å². The standard InChI is InChI=1S/2C18H18S.C2H6Si.2BrH.2ClH.Zr/c2*1-13-11-14-7-6-9-15(17(14)12-13)16-8-4-5-10-18(16)19(2)3;1-3-2;;;;;/h2*4-12H,1-3H3;1-2H3;4*1H;/q;;;;;;;+4/p-4. The Kier molecular flexibility index (Phi) is 16.5. The zero-order valence-corrected chi connectivity index (χ0v) is 37.5. The van der Waals surface area contributed by atoms with Gasteiger partial charge in [-0.15, -0.1) is 69.1 Å². The molecule has 0 saturated heterocycles. The second-order valence-corrected chi connectivity index (χ2v) is 57.5. The third-order valence-electron chi connectivity index (χ3n) is 7.02. The number of halogens is 4. The zero-order chi connectivity index (χ0) is 34.0. The van der Waals surface area contributed by atoms with Crippen LogP contribution in [0.2, 0.25) is 13.1 Å². The summed E-state index contributed by atoms with van der Waals surface area (Å²) in [7, 11) is 12.3. The molecule has 0 aliphatic heterocycles. The van der Waals surface area contributed by atoms with Crippen molar-refractivity contribution < 1.29 is 13.2 Å². The van der Waals surface area contributed by atoms with Crippen LogP contribution in [0.5, 0.6) is 0 Å². The summed E-state index contributed by atoms with van der Waals surface area (Å²) in [6, 6.07) is 39.9. The Morgan fingerprint density at radius 3 is 1.20 bits per heavy atom. The Balaban J connectivity index is 0.000000204. The maximum absolute atomic E-state index is 5.34. The van der Waals surface area contributed by atoms with Crippen LogP contribution in [0.4, 0.5) is 0 Å². The molecule has 0 bridgehead atoms. The Bertz CT molecular complexity index is 1710. The zero-order valence-electron chi connectivity index (χ0n) is 27.7. The SMILES string of the molecule is C[Si]C.Cc1cc2c(-c3ccccc3[S+](C)C)cccc2[cH-]1.Cc1cc2c(-c3ccccc3[S+](C)C)cccc2[cH-]1.[Cl][Zr]([Cl])([Br])[Br]. The van der Waals surface area contributed by atoms with E-state index in [4.69, 9.17) is 17.0 Å². The van der Waals surface area contributed by atoms with Crippen molar-refractivity contribution >= 4 is 94.3 Å². The molecule has 0 aliphatic rings. The van der Waals surface area contributed by atoms with Gasteiger partial charge in [-0.1, -0.05) is 86.6 Å². The van der Waals surface area contributed by atoms with Gasteiger partial charge in [-0.3, -0.25) is 0 Å². The fourth-order valence-electron chi connectivity index (χ4n) is 5.33. The quantitative estimate of drug-likeness (QED) is 0.0939. The average Bonchev–Trinajstić information content (AvgIpc) is 3.57. The van der Waals surface area contributed by atoms with Gasteiger partial charge in [0.25, 0.3) is 0 Å². The monoisotopic (exact) mass is 908 g/mol. The van der Waals surface area contributed by atoms with E-state index in [1.807, 2.05) is 0 Å². The predicted octanol–water partition coefficient (Wildman–Crippen LogP) is 13.4. The summed E-state index contributed by atoms with van der Waals surface area (Å²) in [5, 5.41) is 5.43. The van der Waals surface area contributed by atoms with Crippen LogP contribution in [0.1, 0.15) is 11.1 Å². The predicted molar refractivity (Wildman–Crippen MR) is 221 cm³/mol. The van der Waals surface area contributed by atoms with Crippen molar-refractivity contribution in [3.05, 3.63) is 120 Å². The molecule has 8 heteroatoms. The molecule has 0 atom stereocenters. The molecule has 6 aromatic rings. The molecule has 2 radical (unpaired) electrons. The van der Waals surface area contributed by atoms with E-state index in [1.165, 1.54) is 64.7 Å². The number of rotatable bonds is 4. The summed E-state index contributed by atoms with van der Waals surface area (Å²) in [4.78, 5) is 2.91. The molecular weight excluding hydrogens is 871 g/mol. The fraction of sp³-hybridized carbons (Fsp3) is 0.211. The van der Waals surface area contributed by atoms with Crippen LogP contribution < -0.4 is 0 Å². The van der Waals surface area contributed by atoms with Gasteiger partial charge < -0.3 is 0 Å². The van der Waals surface area contributed by atoms with Crippen LogP contribution in [0, 0.1) is 13.8 Å². The van der Waals surface area contributed by atoms with Crippen LogP contribution in [0.15, 0.2) is 119 Å². The van der Waals surface area contributed by atoms with Crippen molar-refractivity contribution in [2.75, 3.05) is 25.0 Å². The number of fused-ring (bicyclic) bond motifs is 2. The maximum atomic E-state index is 5.34. The topological polar surface area (TPSA) is 0 Å². The molecule has 46 heavy (non-hydrogen) atoms. The average molecular weight is 913 g/mol. The van der Waals surface area contributed by atoms with Crippen LogP contribution >= 0.6 is 41.5 Å². The molecule has 6 rings (SSSR count). The molecule has 0 unspecified atom stereocenters. The van der Waals surface area contributed by atoms with Gasteiger partial charge in [0.05, 0.1) is 0 Å². The van der Waals surface area contributed by atoms with Crippen molar-refractivity contribution in [3.63, 3.8) is 0 Å². The van der Waals surface area contributed by atoms with E-state index in [9.17, 15) is 0 Å². The van der Waals surface area contributed by atoms with Gasteiger partial charge in [-0.05, 0) is 12.1 Å². The van der Waals surface area contributed by atoms with Crippen LogP contribution in [-0.2, 0) is 35.0 Å². The van der Waals surface area contributed by atoms with Gasteiger partial charge in [-0.25, -0.2) is 0 Å². The van der Waals surface area contributed by atoms with Gasteiger partial charge in [-0.2, -0.15) is 12.1 Å². The molecule has 0 saturated carbocycles. The Morgan fingerprint density at radius 2 is 0.870 bits per heavy atom. The molecule has 0 aromatic heterocycles. The summed E-state index contributed by atoms with van der Waals surface area (Å²) in [5.74, 6) is 0. The van der Waals surface area contributed by atoms with Crippen LogP contribution in [0.25, 0.3) is 43.8 Å². The summed E-state index contributed by atoms with van der Waals surface area (Å²) in [5.41, 5.74) is 8.17. The molecule has 0 heterocycles. The van der Waals surface area contributed by atoms with E-state index < -0.39 is 13.2 Å². The first-order valence-electron chi connectivity index (χ1n) is 14.7. The van der Waals surface area contributed by atoms with E-state index in [1.54, 1.807) is 0 Å². The Morgan fingerprint density at radius 1 is 0.565 bits per heavy atom. The van der Waals surface area contributed by atoms with E-state index in [2.05, 4.69) is 186 Å². The van der Waals surface area contributed by atoms with Crippen molar-refractivity contribution in [1.82, 2.24) is 0 Å². The number of benzene rings is 4. The van der Waals surface area contributed by atoms with Gasteiger partial charge in [0.15, 0.2) is 9.79 Å². The summed E-state index contributed by atoms with van der Waals surface area (Å²) in [6.07, 6.45) is 9.15. The van der Waals surface area contributed by atoms with E-state index >= 15 is 0 Å². The molecule has 0 N–H and O–H groups in total. The molecule has 0 spiro atoms. The van der Waals surface area contributed by atoms with Gasteiger partial charge in [0.1, 0.15) is 25.0 Å². The fourth-order valence-corrected chi connectivity index (χ4v) is 7.27. The number of hydrogen-bond acceptors (Lipinski definition) is 0. The molecule has 6 aromatic carbocycles. The van der Waals surface area contributed by atoms with Crippen molar-refractivity contribution in [3.8, 4) is 22.3 Å². The van der Waals surface area contributed by atoms with E-state index in [0.717, 1.165) is 9.52 Å². The first-order valence-corrected chi connectivity index (χ1v) is 38.4. The second-order valence-electron chi connectivity index (χ2n) is 11.2. The van der Waals surface area contributed by atoms with Crippen molar-refractivity contribution in [1.29, 1.82) is 0 Å². The summed E-state index contributed by atoms with van der Waals surface area (Å²) >= 11 is 3.45. The first-order chi connectivity index (χ1) is 21.7. The van der Waals surface area contributed by atoms with Gasteiger partial charge in [0, 0.05) is 42.4 Å². The molecule has 0 aliphatic carbocycles. The minimum atomic E-state index is -2.61. The Labute approximate surface area is 308 Å². The van der Waals surface area contributed by atoms with Crippen molar-refractivity contribution in [2.24, 2.45) is 0 Å².